The predicted octanol–water partition coefficient (Wildman–Crippen LogP) is 3.16. The molecule has 1 aromatic heterocycles. The second kappa shape index (κ2) is 5.47. The molecule has 0 saturated carbocycles. The topological polar surface area (TPSA) is 17.0 Å². The molecule has 0 atom stereocenters. The molecule has 0 aliphatic heterocycles. The van der Waals surface area contributed by atoms with Crippen LogP contribution in [-0.4, -0.2) is 11.6 Å². The Morgan fingerprint density at radius 3 is 2.94 bits per heavy atom. The molecule has 1 aromatic carbocycles. The van der Waals surface area contributed by atoms with E-state index in [4.69, 9.17) is 0 Å². The fourth-order valence-electron chi connectivity index (χ4n) is 1.79. The summed E-state index contributed by atoms with van der Waals surface area (Å²) in [6, 6.07) is 9.02. The first-order valence-electron chi connectivity index (χ1n) is 5.43. The summed E-state index contributed by atoms with van der Waals surface area (Å²) >= 11 is 3.36. The molecule has 0 unspecified atom stereocenters. The lowest BCUT2D eigenvalue weighted by molar-refractivity contribution is 0.592. The van der Waals surface area contributed by atoms with Gasteiger partial charge in [0.1, 0.15) is 5.82 Å². The van der Waals surface area contributed by atoms with Gasteiger partial charge in [-0.05, 0) is 37.4 Å². The molecule has 0 spiro atoms. The zero-order chi connectivity index (χ0) is 12.3. The minimum Gasteiger partial charge on any atom is -0.346 e. The summed E-state index contributed by atoms with van der Waals surface area (Å²) < 4.78 is 16.6. The van der Waals surface area contributed by atoms with Crippen LogP contribution in [0.3, 0.4) is 0 Å². The molecule has 0 aliphatic carbocycles. The van der Waals surface area contributed by atoms with Crippen molar-refractivity contribution in [1.82, 2.24) is 9.88 Å². The Morgan fingerprint density at radius 2 is 2.18 bits per heavy atom. The van der Waals surface area contributed by atoms with E-state index in [9.17, 15) is 4.39 Å². The van der Waals surface area contributed by atoms with Crippen LogP contribution in [0.15, 0.2) is 41.0 Å². The zero-order valence-corrected chi connectivity index (χ0v) is 11.2. The molecule has 0 radical (unpaired) electrons. The fraction of sp³-hybridized carbons (Fsp3) is 0.231. The van der Waals surface area contributed by atoms with Gasteiger partial charge in [-0.25, -0.2) is 4.39 Å². The highest BCUT2D eigenvalue weighted by Crippen LogP contribution is 2.17. The lowest BCUT2D eigenvalue weighted by atomic mass is 10.2. The van der Waals surface area contributed by atoms with Crippen molar-refractivity contribution in [3.05, 3.63) is 58.1 Å². The Balaban J connectivity index is 2.25. The first-order chi connectivity index (χ1) is 8.20. The van der Waals surface area contributed by atoms with Gasteiger partial charge < -0.3 is 9.88 Å². The van der Waals surface area contributed by atoms with Gasteiger partial charge in [0.15, 0.2) is 0 Å². The lowest BCUT2D eigenvalue weighted by Gasteiger charge is -2.10. The fourth-order valence-corrected chi connectivity index (χ4v) is 2.20. The van der Waals surface area contributed by atoms with E-state index in [1.807, 2.05) is 36.0 Å². The average molecular weight is 297 g/mol. The molecule has 2 rings (SSSR count). The molecule has 0 amide bonds. The Labute approximate surface area is 109 Å². The third-order valence-electron chi connectivity index (χ3n) is 2.63. The van der Waals surface area contributed by atoms with E-state index in [2.05, 4.69) is 21.2 Å². The van der Waals surface area contributed by atoms with Crippen LogP contribution >= 0.6 is 15.9 Å². The molecule has 1 N–H and O–H groups in total. The monoisotopic (exact) mass is 296 g/mol. The standard InChI is InChI=1S/C13H14BrFN2/c1-16-8-12-3-2-6-17(12)9-10-7-11(14)4-5-13(10)15/h2-7,16H,8-9H2,1H3. The minimum atomic E-state index is -0.169. The number of nitrogens with zero attached hydrogens (tertiary/aromatic N) is 1. The largest absolute Gasteiger partial charge is 0.346 e. The van der Waals surface area contributed by atoms with Gasteiger partial charge in [0, 0.05) is 28.5 Å². The van der Waals surface area contributed by atoms with E-state index in [0.29, 0.717) is 12.1 Å². The Bertz CT molecular complexity index is 508. The summed E-state index contributed by atoms with van der Waals surface area (Å²) in [5.74, 6) is -0.169. The Morgan fingerprint density at radius 1 is 1.35 bits per heavy atom. The van der Waals surface area contributed by atoms with E-state index in [1.54, 1.807) is 6.07 Å². The van der Waals surface area contributed by atoms with Crippen molar-refractivity contribution in [3.8, 4) is 0 Å². The average Bonchev–Trinajstić information content (AvgIpc) is 2.72. The summed E-state index contributed by atoms with van der Waals surface area (Å²) in [7, 11) is 1.90. The molecule has 0 bridgehead atoms. The Kier molecular flexibility index (Phi) is 3.97. The maximum absolute atomic E-state index is 13.6. The van der Waals surface area contributed by atoms with Crippen LogP contribution in [0.4, 0.5) is 4.39 Å². The molecule has 2 nitrogen and oxygen atoms in total. The summed E-state index contributed by atoms with van der Waals surface area (Å²) in [6.07, 6.45) is 1.97. The number of halogens is 2. The number of nitrogens with one attached hydrogen (secondary N) is 1. The van der Waals surface area contributed by atoms with E-state index < -0.39 is 0 Å². The third kappa shape index (κ3) is 2.96. The molecule has 90 valence electrons. The van der Waals surface area contributed by atoms with Crippen LogP contribution in [0.1, 0.15) is 11.3 Å². The second-order valence-corrected chi connectivity index (χ2v) is 4.81. The smallest absolute Gasteiger partial charge is 0.128 e. The first-order valence-corrected chi connectivity index (χ1v) is 6.22. The number of hydrogen-bond acceptors (Lipinski definition) is 1. The van der Waals surface area contributed by atoms with Crippen LogP contribution in [0.25, 0.3) is 0 Å². The summed E-state index contributed by atoms with van der Waals surface area (Å²) in [5, 5.41) is 3.10. The minimum absolute atomic E-state index is 0.169. The molecular weight excluding hydrogens is 283 g/mol. The van der Waals surface area contributed by atoms with Crippen LogP contribution in [0, 0.1) is 5.82 Å². The quantitative estimate of drug-likeness (QED) is 0.917. The van der Waals surface area contributed by atoms with E-state index in [0.717, 1.165) is 16.7 Å². The molecule has 17 heavy (non-hydrogen) atoms. The van der Waals surface area contributed by atoms with Crippen molar-refractivity contribution in [2.75, 3.05) is 7.05 Å². The molecule has 4 heteroatoms. The van der Waals surface area contributed by atoms with Crippen LogP contribution in [0.5, 0.6) is 0 Å². The molecule has 2 aromatic rings. The maximum Gasteiger partial charge on any atom is 0.128 e. The van der Waals surface area contributed by atoms with E-state index in [-0.39, 0.29) is 5.82 Å². The highest BCUT2D eigenvalue weighted by Gasteiger charge is 2.06. The molecule has 0 aliphatic rings. The van der Waals surface area contributed by atoms with Crippen LogP contribution in [-0.2, 0) is 13.1 Å². The van der Waals surface area contributed by atoms with Crippen molar-refractivity contribution >= 4 is 15.9 Å². The van der Waals surface area contributed by atoms with Crippen molar-refractivity contribution in [2.24, 2.45) is 0 Å². The van der Waals surface area contributed by atoms with Gasteiger partial charge in [-0.3, -0.25) is 0 Å². The third-order valence-corrected chi connectivity index (χ3v) is 3.12. The summed E-state index contributed by atoms with van der Waals surface area (Å²) in [4.78, 5) is 0. The molecular formula is C13H14BrFN2. The molecule has 0 saturated heterocycles. The number of rotatable bonds is 4. The maximum atomic E-state index is 13.6. The van der Waals surface area contributed by atoms with E-state index >= 15 is 0 Å². The SMILES string of the molecule is CNCc1cccn1Cc1cc(Br)ccc1F. The summed E-state index contributed by atoms with van der Waals surface area (Å²) in [5.41, 5.74) is 1.83. The second-order valence-electron chi connectivity index (χ2n) is 3.89. The van der Waals surface area contributed by atoms with Gasteiger partial charge in [-0.2, -0.15) is 0 Å². The Hall–Kier alpha value is -1.13. The molecule has 0 fully saturated rings. The number of aromatic nitrogens is 1. The summed E-state index contributed by atoms with van der Waals surface area (Å²) in [6.45, 7) is 1.33. The van der Waals surface area contributed by atoms with Crippen molar-refractivity contribution in [1.29, 1.82) is 0 Å². The first kappa shape index (κ1) is 12.3. The van der Waals surface area contributed by atoms with E-state index in [1.165, 1.54) is 6.07 Å². The van der Waals surface area contributed by atoms with Crippen molar-refractivity contribution < 1.29 is 4.39 Å². The number of hydrogen-bond donors (Lipinski definition) is 1. The highest BCUT2D eigenvalue weighted by molar-refractivity contribution is 9.10. The van der Waals surface area contributed by atoms with Crippen LogP contribution in [0.2, 0.25) is 0 Å². The predicted molar refractivity (Wildman–Crippen MR) is 70.4 cm³/mol. The molecule has 1 heterocycles. The van der Waals surface area contributed by atoms with Crippen molar-refractivity contribution in [2.45, 2.75) is 13.1 Å². The van der Waals surface area contributed by atoms with Gasteiger partial charge in [0.2, 0.25) is 0 Å². The van der Waals surface area contributed by atoms with Gasteiger partial charge in [0.25, 0.3) is 0 Å². The van der Waals surface area contributed by atoms with Gasteiger partial charge >= 0.3 is 0 Å². The zero-order valence-electron chi connectivity index (χ0n) is 9.58. The number of benzene rings is 1. The van der Waals surface area contributed by atoms with Crippen LogP contribution < -0.4 is 5.32 Å². The van der Waals surface area contributed by atoms with Gasteiger partial charge in [-0.15, -0.1) is 0 Å². The van der Waals surface area contributed by atoms with Crippen molar-refractivity contribution in [3.63, 3.8) is 0 Å². The highest BCUT2D eigenvalue weighted by atomic mass is 79.9. The normalized spacial score (nSPS) is 10.8. The van der Waals surface area contributed by atoms with Gasteiger partial charge in [0.05, 0.1) is 6.54 Å². The lowest BCUT2D eigenvalue weighted by Crippen LogP contribution is -2.12. The van der Waals surface area contributed by atoms with Gasteiger partial charge in [-0.1, -0.05) is 15.9 Å².